The molecule has 0 unspecified atom stereocenters. The highest BCUT2D eigenvalue weighted by Crippen LogP contribution is 2.27. The van der Waals surface area contributed by atoms with Crippen molar-refractivity contribution in [2.75, 3.05) is 11.9 Å². The number of hydrogen-bond donors (Lipinski definition) is 2. The zero-order valence-corrected chi connectivity index (χ0v) is 12.1. The molecule has 1 aromatic heterocycles. The molecule has 0 spiro atoms. The largest absolute Gasteiger partial charge is 0.506 e. The summed E-state index contributed by atoms with van der Waals surface area (Å²) in [4.78, 5) is 15.6. The van der Waals surface area contributed by atoms with Crippen LogP contribution in [-0.4, -0.2) is 28.8 Å². The van der Waals surface area contributed by atoms with Gasteiger partial charge in [0.25, 0.3) is 5.91 Å². The van der Waals surface area contributed by atoms with Gasteiger partial charge in [-0.3, -0.25) is 4.79 Å². The molecule has 0 aliphatic rings. The number of anilines is 1. The van der Waals surface area contributed by atoms with Crippen LogP contribution in [0.1, 0.15) is 10.4 Å². The molecule has 0 fully saturated rings. The van der Waals surface area contributed by atoms with E-state index in [0.717, 1.165) is 12.3 Å². The second-order valence-electron chi connectivity index (χ2n) is 4.40. The first-order valence-corrected chi connectivity index (χ1v) is 6.58. The van der Waals surface area contributed by atoms with Crippen LogP contribution >= 0.6 is 11.6 Å². The first-order valence-electron chi connectivity index (χ1n) is 6.20. The predicted octanol–water partition coefficient (Wildman–Crippen LogP) is 3.63. The average Bonchev–Trinajstić information content (AvgIpc) is 2.48. The van der Waals surface area contributed by atoms with Crippen LogP contribution in [0.3, 0.4) is 0 Å². The van der Waals surface area contributed by atoms with Crippen molar-refractivity contribution in [3.63, 3.8) is 0 Å². The van der Waals surface area contributed by atoms with Crippen LogP contribution in [0, 0.1) is 0 Å². The van der Waals surface area contributed by atoms with Crippen molar-refractivity contribution in [1.82, 2.24) is 4.98 Å². The molecule has 0 atom stereocenters. The molecule has 0 radical (unpaired) electrons. The molecule has 9 heteroatoms. The molecule has 0 bridgehead atoms. The standard InChI is InChI=1S/C14H10ClF3N2O3/c15-9-2-3-11(21)10(5-9)20-13(22)8-1-4-12(19-6-8)23-7-14(16,17)18/h1-6,21H,7H2,(H,20,22). The number of nitrogens with one attached hydrogen (secondary N) is 1. The number of nitrogens with zero attached hydrogens (tertiary/aromatic N) is 1. The topological polar surface area (TPSA) is 71.5 Å². The highest BCUT2D eigenvalue weighted by atomic mass is 35.5. The molecule has 0 aliphatic heterocycles. The van der Waals surface area contributed by atoms with Gasteiger partial charge in [-0.2, -0.15) is 13.2 Å². The third-order valence-corrected chi connectivity index (χ3v) is 2.82. The number of phenolic OH excluding ortho intramolecular Hbond substituents is 1. The quantitative estimate of drug-likeness (QED) is 0.829. The number of pyridine rings is 1. The van der Waals surface area contributed by atoms with Crippen molar-refractivity contribution >= 4 is 23.2 Å². The molecule has 122 valence electrons. The summed E-state index contributed by atoms with van der Waals surface area (Å²) in [6.45, 7) is -1.47. The average molecular weight is 347 g/mol. The SMILES string of the molecule is O=C(Nc1cc(Cl)ccc1O)c1ccc(OCC(F)(F)F)nc1. The van der Waals surface area contributed by atoms with Gasteiger partial charge in [-0.05, 0) is 24.3 Å². The van der Waals surface area contributed by atoms with E-state index in [4.69, 9.17) is 11.6 Å². The predicted molar refractivity (Wildman–Crippen MR) is 76.9 cm³/mol. The number of halogens is 4. The van der Waals surface area contributed by atoms with Gasteiger partial charge in [0, 0.05) is 17.3 Å². The summed E-state index contributed by atoms with van der Waals surface area (Å²) in [5.74, 6) is -1.05. The number of alkyl halides is 3. The van der Waals surface area contributed by atoms with Crippen LogP contribution < -0.4 is 10.1 Å². The zero-order chi connectivity index (χ0) is 17.0. The highest BCUT2D eigenvalue weighted by molar-refractivity contribution is 6.31. The van der Waals surface area contributed by atoms with Crippen LogP contribution in [0.5, 0.6) is 11.6 Å². The van der Waals surface area contributed by atoms with Crippen molar-refractivity contribution in [3.05, 3.63) is 47.1 Å². The molecular weight excluding hydrogens is 337 g/mol. The van der Waals surface area contributed by atoms with E-state index < -0.39 is 18.7 Å². The molecule has 2 aromatic rings. The fourth-order valence-electron chi connectivity index (χ4n) is 1.56. The van der Waals surface area contributed by atoms with Gasteiger partial charge in [0.15, 0.2) is 6.61 Å². The molecule has 2 rings (SSSR count). The van der Waals surface area contributed by atoms with E-state index in [2.05, 4.69) is 15.0 Å². The number of aromatic hydroxyl groups is 1. The van der Waals surface area contributed by atoms with E-state index in [9.17, 15) is 23.1 Å². The van der Waals surface area contributed by atoms with E-state index in [-0.39, 0.29) is 22.9 Å². The van der Waals surface area contributed by atoms with Crippen LogP contribution in [-0.2, 0) is 0 Å². The number of benzene rings is 1. The molecule has 23 heavy (non-hydrogen) atoms. The number of carbonyl (C=O) groups excluding carboxylic acids is 1. The number of hydrogen-bond acceptors (Lipinski definition) is 4. The van der Waals surface area contributed by atoms with Crippen LogP contribution in [0.25, 0.3) is 0 Å². The molecular formula is C14H10ClF3N2O3. The van der Waals surface area contributed by atoms with Gasteiger partial charge < -0.3 is 15.2 Å². The lowest BCUT2D eigenvalue weighted by molar-refractivity contribution is -0.154. The summed E-state index contributed by atoms with van der Waals surface area (Å²) in [5.41, 5.74) is 0.170. The maximum absolute atomic E-state index is 12.0. The Bertz CT molecular complexity index is 705. The molecule has 0 saturated carbocycles. The molecule has 2 N–H and O–H groups in total. The zero-order valence-electron chi connectivity index (χ0n) is 11.4. The lowest BCUT2D eigenvalue weighted by Crippen LogP contribution is -2.19. The van der Waals surface area contributed by atoms with E-state index >= 15 is 0 Å². The Morgan fingerprint density at radius 3 is 2.65 bits per heavy atom. The van der Waals surface area contributed by atoms with Crippen molar-refractivity contribution in [2.45, 2.75) is 6.18 Å². The minimum Gasteiger partial charge on any atom is -0.506 e. The van der Waals surface area contributed by atoms with Crippen molar-refractivity contribution < 1.29 is 27.8 Å². The summed E-state index contributed by atoms with van der Waals surface area (Å²) in [5, 5.41) is 12.3. The Morgan fingerprint density at radius 1 is 1.30 bits per heavy atom. The van der Waals surface area contributed by atoms with Gasteiger partial charge in [0.2, 0.25) is 5.88 Å². The fraction of sp³-hybridized carbons (Fsp3) is 0.143. The third-order valence-electron chi connectivity index (χ3n) is 2.59. The third kappa shape index (κ3) is 5.03. The highest BCUT2D eigenvalue weighted by Gasteiger charge is 2.28. The number of rotatable bonds is 4. The number of amides is 1. The van der Waals surface area contributed by atoms with Gasteiger partial charge in [-0.25, -0.2) is 4.98 Å². The van der Waals surface area contributed by atoms with E-state index in [1.54, 1.807) is 0 Å². The fourth-order valence-corrected chi connectivity index (χ4v) is 1.73. The number of carbonyl (C=O) groups is 1. The Hall–Kier alpha value is -2.48. The maximum atomic E-state index is 12.0. The summed E-state index contributed by atoms with van der Waals surface area (Å²) in [7, 11) is 0. The number of phenols is 1. The summed E-state index contributed by atoms with van der Waals surface area (Å²) in [6, 6.07) is 6.49. The molecule has 1 amide bonds. The molecule has 1 aromatic carbocycles. The van der Waals surface area contributed by atoms with E-state index in [1.165, 1.54) is 24.3 Å². The molecule has 1 heterocycles. The van der Waals surface area contributed by atoms with Crippen molar-refractivity contribution in [2.24, 2.45) is 0 Å². The van der Waals surface area contributed by atoms with Gasteiger partial charge in [0.1, 0.15) is 5.75 Å². The number of ether oxygens (including phenoxy) is 1. The normalized spacial score (nSPS) is 11.1. The lowest BCUT2D eigenvalue weighted by Gasteiger charge is -2.09. The number of aromatic nitrogens is 1. The summed E-state index contributed by atoms with van der Waals surface area (Å²) in [6.07, 6.45) is -3.41. The van der Waals surface area contributed by atoms with Crippen LogP contribution in [0.4, 0.5) is 18.9 Å². The second-order valence-corrected chi connectivity index (χ2v) is 4.84. The van der Waals surface area contributed by atoms with Crippen LogP contribution in [0.15, 0.2) is 36.5 Å². The second kappa shape index (κ2) is 6.74. The Labute approximate surface area is 133 Å². The van der Waals surface area contributed by atoms with E-state index in [0.29, 0.717) is 5.02 Å². The summed E-state index contributed by atoms with van der Waals surface area (Å²) < 4.78 is 40.5. The maximum Gasteiger partial charge on any atom is 0.422 e. The van der Waals surface area contributed by atoms with Gasteiger partial charge in [-0.15, -0.1) is 0 Å². The lowest BCUT2D eigenvalue weighted by atomic mass is 10.2. The molecule has 5 nitrogen and oxygen atoms in total. The van der Waals surface area contributed by atoms with Gasteiger partial charge in [0.05, 0.1) is 11.3 Å². The van der Waals surface area contributed by atoms with Crippen molar-refractivity contribution in [3.8, 4) is 11.6 Å². The van der Waals surface area contributed by atoms with Crippen LogP contribution in [0.2, 0.25) is 5.02 Å². The monoisotopic (exact) mass is 346 g/mol. The minimum atomic E-state index is -4.47. The first kappa shape index (κ1) is 16.9. The summed E-state index contributed by atoms with van der Waals surface area (Å²) >= 11 is 5.76. The van der Waals surface area contributed by atoms with Crippen molar-refractivity contribution in [1.29, 1.82) is 0 Å². The van der Waals surface area contributed by atoms with Gasteiger partial charge in [-0.1, -0.05) is 11.6 Å². The minimum absolute atomic E-state index is 0.0729. The van der Waals surface area contributed by atoms with Gasteiger partial charge >= 0.3 is 6.18 Å². The van der Waals surface area contributed by atoms with E-state index in [1.807, 2.05) is 0 Å². The first-order chi connectivity index (χ1) is 10.7. The Kier molecular flexibility index (Phi) is 4.95. The smallest absolute Gasteiger partial charge is 0.422 e. The molecule has 0 saturated heterocycles. The Morgan fingerprint density at radius 2 is 2.04 bits per heavy atom. The Balaban J connectivity index is 2.04. The molecule has 0 aliphatic carbocycles.